The van der Waals surface area contributed by atoms with Crippen molar-refractivity contribution in [3.63, 3.8) is 0 Å². The van der Waals surface area contributed by atoms with E-state index < -0.39 is 0 Å². The van der Waals surface area contributed by atoms with Crippen molar-refractivity contribution in [1.82, 2.24) is 19.7 Å². The zero-order valence-electron chi connectivity index (χ0n) is 9.72. The molecule has 1 aromatic heterocycles. The number of aromatic nitrogens is 3. The van der Waals surface area contributed by atoms with Gasteiger partial charge in [0.25, 0.3) is 0 Å². The molecule has 0 radical (unpaired) electrons. The third kappa shape index (κ3) is 2.71. The third-order valence-corrected chi connectivity index (χ3v) is 2.97. The van der Waals surface area contributed by atoms with Gasteiger partial charge in [0, 0.05) is 25.3 Å². The van der Waals surface area contributed by atoms with Crippen molar-refractivity contribution in [2.45, 2.75) is 25.3 Å². The molecule has 6 nitrogen and oxygen atoms in total. The summed E-state index contributed by atoms with van der Waals surface area (Å²) < 4.78 is 2.76. The molecule has 0 bridgehead atoms. The first kappa shape index (κ1) is 12.2. The van der Waals surface area contributed by atoms with Crippen LogP contribution in [0.3, 0.4) is 0 Å². The van der Waals surface area contributed by atoms with Crippen LogP contribution in [0, 0.1) is 0 Å². The van der Waals surface area contributed by atoms with Gasteiger partial charge in [0.1, 0.15) is 12.4 Å². The van der Waals surface area contributed by atoms with Gasteiger partial charge in [-0.15, -0.1) is 0 Å². The second-order valence-electron chi connectivity index (χ2n) is 4.21. The molecule has 94 valence electrons. The normalized spacial score (nSPS) is 14.9. The molecule has 1 aromatic rings. The molecule has 0 aliphatic heterocycles. The molecule has 0 unspecified atom stereocenters. The molecule has 17 heavy (non-hydrogen) atoms. The number of thiol groups is 1. The highest BCUT2D eigenvalue weighted by Gasteiger charge is 2.29. The van der Waals surface area contributed by atoms with Crippen molar-refractivity contribution < 1.29 is 4.79 Å². The number of hydrogen-bond acceptors (Lipinski definition) is 4. The Bertz CT molecular complexity index is 475. The largest absolute Gasteiger partial charge is 0.354 e. The van der Waals surface area contributed by atoms with E-state index in [-0.39, 0.29) is 18.1 Å². The summed E-state index contributed by atoms with van der Waals surface area (Å²) in [5.41, 5.74) is -0.229. The molecule has 2 rings (SSSR count). The average molecular weight is 256 g/mol. The Balaban J connectivity index is 2.08. The van der Waals surface area contributed by atoms with Crippen molar-refractivity contribution in [2.75, 3.05) is 12.3 Å². The Morgan fingerprint density at radius 1 is 1.59 bits per heavy atom. The van der Waals surface area contributed by atoms with Gasteiger partial charge in [0.15, 0.2) is 0 Å². The molecule has 1 N–H and O–H groups in total. The molecule has 0 atom stereocenters. The monoisotopic (exact) mass is 256 g/mol. The summed E-state index contributed by atoms with van der Waals surface area (Å²) in [5.74, 6) is 1.56. The minimum absolute atomic E-state index is 0.0207. The molecule has 0 spiro atoms. The van der Waals surface area contributed by atoms with Gasteiger partial charge in [0.2, 0.25) is 5.91 Å². The Kier molecular flexibility index (Phi) is 3.56. The smallest absolute Gasteiger partial charge is 0.346 e. The Morgan fingerprint density at radius 2 is 2.29 bits per heavy atom. The number of nitrogens with zero attached hydrogens (tertiary/aromatic N) is 3. The standard InChI is InChI=1S/C10H16N4O2S/c1-13-9(7-2-3-7)12-14(10(13)16)6-8(15)11-4-5-17/h7,17H,2-6H2,1H3,(H,11,15). The highest BCUT2D eigenvalue weighted by atomic mass is 32.1. The topological polar surface area (TPSA) is 68.9 Å². The highest BCUT2D eigenvalue weighted by Crippen LogP contribution is 2.38. The number of nitrogens with one attached hydrogen (secondary N) is 1. The summed E-state index contributed by atoms with van der Waals surface area (Å²) in [7, 11) is 1.70. The van der Waals surface area contributed by atoms with Crippen LogP contribution >= 0.6 is 12.6 Å². The summed E-state index contributed by atoms with van der Waals surface area (Å²) >= 11 is 3.99. The van der Waals surface area contributed by atoms with Crippen LogP contribution in [0.25, 0.3) is 0 Å². The predicted molar refractivity (Wildman–Crippen MR) is 66.3 cm³/mol. The summed E-state index contributed by atoms with van der Waals surface area (Å²) in [4.78, 5) is 23.3. The van der Waals surface area contributed by atoms with Crippen LogP contribution < -0.4 is 11.0 Å². The minimum atomic E-state index is -0.229. The van der Waals surface area contributed by atoms with Gasteiger partial charge in [-0.3, -0.25) is 9.36 Å². The molecule has 7 heteroatoms. The fourth-order valence-electron chi connectivity index (χ4n) is 1.69. The van der Waals surface area contributed by atoms with E-state index in [1.54, 1.807) is 7.05 Å². The minimum Gasteiger partial charge on any atom is -0.354 e. The lowest BCUT2D eigenvalue weighted by Gasteiger charge is -2.01. The SMILES string of the molecule is Cn1c(C2CC2)nn(CC(=O)NCCS)c1=O. The predicted octanol–water partition coefficient (Wildman–Crippen LogP) is -0.495. The summed E-state index contributed by atoms with van der Waals surface area (Å²) in [6.45, 7) is 0.478. The van der Waals surface area contributed by atoms with E-state index in [0.717, 1.165) is 18.7 Å². The number of carbonyl (C=O) groups is 1. The molecule has 0 aromatic carbocycles. The first-order valence-corrected chi connectivity index (χ1v) is 6.28. The van der Waals surface area contributed by atoms with Crippen LogP contribution in [-0.2, 0) is 18.4 Å². The van der Waals surface area contributed by atoms with Crippen molar-refractivity contribution in [3.8, 4) is 0 Å². The van der Waals surface area contributed by atoms with Gasteiger partial charge >= 0.3 is 5.69 Å². The van der Waals surface area contributed by atoms with Gasteiger partial charge in [-0.05, 0) is 12.8 Å². The van der Waals surface area contributed by atoms with Gasteiger partial charge in [-0.2, -0.15) is 17.7 Å². The van der Waals surface area contributed by atoms with Crippen LogP contribution in [0.2, 0.25) is 0 Å². The van der Waals surface area contributed by atoms with Gasteiger partial charge in [0.05, 0.1) is 0 Å². The Morgan fingerprint density at radius 3 is 2.88 bits per heavy atom. The summed E-state index contributed by atoms with van der Waals surface area (Å²) in [6, 6.07) is 0. The summed E-state index contributed by atoms with van der Waals surface area (Å²) in [6.07, 6.45) is 2.16. The van der Waals surface area contributed by atoms with E-state index >= 15 is 0 Å². The molecular weight excluding hydrogens is 240 g/mol. The Hall–Kier alpha value is -1.24. The first-order chi connectivity index (χ1) is 8.13. The molecule has 1 aliphatic carbocycles. The molecule has 1 aliphatic rings. The first-order valence-electron chi connectivity index (χ1n) is 5.64. The number of carbonyl (C=O) groups excluding carboxylic acids is 1. The molecule has 1 amide bonds. The van der Waals surface area contributed by atoms with Crippen LogP contribution in [0.1, 0.15) is 24.6 Å². The van der Waals surface area contributed by atoms with Gasteiger partial charge in [-0.25, -0.2) is 9.48 Å². The van der Waals surface area contributed by atoms with Gasteiger partial charge in [-0.1, -0.05) is 0 Å². The third-order valence-electron chi connectivity index (χ3n) is 2.74. The second kappa shape index (κ2) is 4.95. The molecule has 0 saturated heterocycles. The number of hydrogen-bond donors (Lipinski definition) is 2. The Labute approximate surface area is 104 Å². The second-order valence-corrected chi connectivity index (χ2v) is 4.65. The molecular formula is C10H16N4O2S. The fourth-order valence-corrected chi connectivity index (χ4v) is 1.80. The molecule has 1 heterocycles. The molecule has 1 fully saturated rings. The van der Waals surface area contributed by atoms with E-state index in [4.69, 9.17) is 0 Å². The number of amides is 1. The fraction of sp³-hybridized carbons (Fsp3) is 0.700. The highest BCUT2D eigenvalue weighted by molar-refractivity contribution is 7.80. The zero-order valence-corrected chi connectivity index (χ0v) is 10.6. The van der Waals surface area contributed by atoms with Crippen LogP contribution in [-0.4, -0.2) is 32.6 Å². The lowest BCUT2D eigenvalue weighted by Crippen LogP contribution is -2.34. The average Bonchev–Trinajstić information content (AvgIpc) is 3.10. The van der Waals surface area contributed by atoms with Crippen LogP contribution in [0.5, 0.6) is 0 Å². The van der Waals surface area contributed by atoms with Crippen molar-refractivity contribution in [3.05, 3.63) is 16.3 Å². The zero-order chi connectivity index (χ0) is 12.4. The maximum Gasteiger partial charge on any atom is 0.346 e. The van der Waals surface area contributed by atoms with E-state index in [0.29, 0.717) is 18.2 Å². The maximum absolute atomic E-state index is 11.8. The van der Waals surface area contributed by atoms with E-state index in [1.807, 2.05) is 0 Å². The van der Waals surface area contributed by atoms with Crippen molar-refractivity contribution in [1.29, 1.82) is 0 Å². The molecule has 1 saturated carbocycles. The van der Waals surface area contributed by atoms with Crippen molar-refractivity contribution >= 4 is 18.5 Å². The van der Waals surface area contributed by atoms with Crippen LogP contribution in [0.15, 0.2) is 4.79 Å². The van der Waals surface area contributed by atoms with Crippen molar-refractivity contribution in [2.24, 2.45) is 7.05 Å². The summed E-state index contributed by atoms with van der Waals surface area (Å²) in [5, 5.41) is 6.86. The number of rotatable bonds is 5. The van der Waals surface area contributed by atoms with Crippen LogP contribution in [0.4, 0.5) is 0 Å². The lowest BCUT2D eigenvalue weighted by atomic mass is 10.4. The lowest BCUT2D eigenvalue weighted by molar-refractivity contribution is -0.121. The van der Waals surface area contributed by atoms with E-state index in [2.05, 4.69) is 23.0 Å². The van der Waals surface area contributed by atoms with E-state index in [9.17, 15) is 9.59 Å². The van der Waals surface area contributed by atoms with Gasteiger partial charge < -0.3 is 5.32 Å². The quantitative estimate of drug-likeness (QED) is 0.698. The van der Waals surface area contributed by atoms with E-state index in [1.165, 1.54) is 9.25 Å². The maximum atomic E-state index is 11.8.